The van der Waals surface area contributed by atoms with E-state index < -0.39 is 17.7 Å². The van der Waals surface area contributed by atoms with Crippen molar-refractivity contribution in [2.45, 2.75) is 45.8 Å². The highest BCUT2D eigenvalue weighted by Crippen LogP contribution is 2.07. The van der Waals surface area contributed by atoms with Crippen LogP contribution in [0, 0.1) is 0 Å². The lowest BCUT2D eigenvalue weighted by Gasteiger charge is -2.22. The minimum absolute atomic E-state index is 0.246. The summed E-state index contributed by atoms with van der Waals surface area (Å²) in [5, 5.41) is 5.14. The standard InChI is InChI=1S/C11H23N3O3/c1-5-8(9(15)13-7-6-12)14-10(16)17-11(2,3)4/h8H,5-7,12H2,1-4H3,(H,13,15)(H,14,16)/t8-/m0/s1. The summed E-state index contributed by atoms with van der Waals surface area (Å²) in [6.07, 6.45) is -0.0948. The Bertz CT molecular complexity index is 261. The van der Waals surface area contributed by atoms with Crippen LogP contribution >= 0.6 is 0 Å². The van der Waals surface area contributed by atoms with Crippen LogP contribution in [0.4, 0.5) is 4.79 Å². The molecule has 0 bridgehead atoms. The zero-order chi connectivity index (χ0) is 13.5. The van der Waals surface area contributed by atoms with E-state index in [0.29, 0.717) is 19.5 Å². The quantitative estimate of drug-likeness (QED) is 0.652. The Morgan fingerprint density at radius 1 is 1.35 bits per heavy atom. The smallest absolute Gasteiger partial charge is 0.408 e. The summed E-state index contributed by atoms with van der Waals surface area (Å²) >= 11 is 0. The summed E-state index contributed by atoms with van der Waals surface area (Å²) in [5.41, 5.74) is 4.70. The van der Waals surface area contributed by atoms with E-state index >= 15 is 0 Å². The van der Waals surface area contributed by atoms with Gasteiger partial charge < -0.3 is 21.1 Å². The Morgan fingerprint density at radius 2 is 1.94 bits per heavy atom. The summed E-state index contributed by atoms with van der Waals surface area (Å²) in [6.45, 7) is 7.87. The van der Waals surface area contributed by atoms with Crippen molar-refractivity contribution in [1.82, 2.24) is 10.6 Å². The molecule has 0 aliphatic carbocycles. The Kier molecular flexibility index (Phi) is 6.57. The van der Waals surface area contributed by atoms with Crippen LogP contribution in [0.1, 0.15) is 34.1 Å². The van der Waals surface area contributed by atoms with Crippen molar-refractivity contribution >= 4 is 12.0 Å². The third kappa shape index (κ3) is 7.57. The van der Waals surface area contributed by atoms with E-state index in [0.717, 1.165) is 0 Å². The third-order valence-electron chi connectivity index (χ3n) is 1.86. The van der Waals surface area contributed by atoms with Crippen LogP contribution in [0.2, 0.25) is 0 Å². The molecule has 0 radical (unpaired) electrons. The molecule has 6 nitrogen and oxygen atoms in total. The highest BCUT2D eigenvalue weighted by atomic mass is 16.6. The molecule has 0 saturated carbocycles. The second kappa shape index (κ2) is 7.11. The van der Waals surface area contributed by atoms with Gasteiger partial charge in [-0.15, -0.1) is 0 Å². The predicted octanol–water partition coefficient (Wildman–Crippen LogP) is 0.365. The van der Waals surface area contributed by atoms with Gasteiger partial charge in [-0.3, -0.25) is 4.79 Å². The fraction of sp³-hybridized carbons (Fsp3) is 0.818. The van der Waals surface area contributed by atoms with Crippen LogP contribution < -0.4 is 16.4 Å². The first-order valence-corrected chi connectivity index (χ1v) is 5.77. The molecule has 0 heterocycles. The second-order valence-electron chi connectivity index (χ2n) is 4.69. The van der Waals surface area contributed by atoms with Gasteiger partial charge in [0.15, 0.2) is 0 Å². The van der Waals surface area contributed by atoms with Gasteiger partial charge in [0.25, 0.3) is 0 Å². The molecular weight excluding hydrogens is 222 g/mol. The molecular formula is C11H23N3O3. The maximum atomic E-state index is 11.6. The monoisotopic (exact) mass is 245 g/mol. The van der Waals surface area contributed by atoms with Gasteiger partial charge in [0, 0.05) is 13.1 Å². The number of amides is 2. The van der Waals surface area contributed by atoms with Crippen molar-refractivity contribution in [1.29, 1.82) is 0 Å². The fourth-order valence-corrected chi connectivity index (χ4v) is 1.12. The lowest BCUT2D eigenvalue weighted by atomic mass is 10.2. The Hall–Kier alpha value is -1.30. The van der Waals surface area contributed by atoms with Crippen molar-refractivity contribution in [2.75, 3.05) is 13.1 Å². The average molecular weight is 245 g/mol. The number of ether oxygens (including phenoxy) is 1. The van der Waals surface area contributed by atoms with E-state index in [-0.39, 0.29) is 5.91 Å². The van der Waals surface area contributed by atoms with Crippen molar-refractivity contribution in [3.8, 4) is 0 Å². The van der Waals surface area contributed by atoms with E-state index in [1.165, 1.54) is 0 Å². The second-order valence-corrected chi connectivity index (χ2v) is 4.69. The molecule has 0 spiro atoms. The maximum absolute atomic E-state index is 11.6. The number of rotatable bonds is 5. The van der Waals surface area contributed by atoms with E-state index in [1.807, 2.05) is 6.92 Å². The molecule has 1 atom stereocenters. The number of carbonyl (C=O) groups excluding carboxylic acids is 2. The lowest BCUT2D eigenvalue weighted by Crippen LogP contribution is -2.48. The Morgan fingerprint density at radius 3 is 2.35 bits per heavy atom. The van der Waals surface area contributed by atoms with E-state index in [9.17, 15) is 9.59 Å². The summed E-state index contributed by atoms with van der Waals surface area (Å²) in [6, 6.07) is -0.587. The maximum Gasteiger partial charge on any atom is 0.408 e. The van der Waals surface area contributed by atoms with Crippen molar-refractivity contribution < 1.29 is 14.3 Å². The molecule has 2 amide bonds. The summed E-state index contributed by atoms with van der Waals surface area (Å²) < 4.78 is 5.07. The van der Waals surface area contributed by atoms with Crippen molar-refractivity contribution in [2.24, 2.45) is 5.73 Å². The Balaban J connectivity index is 4.21. The van der Waals surface area contributed by atoms with Crippen LogP contribution in [-0.2, 0) is 9.53 Å². The Labute approximate surface area is 102 Å². The molecule has 0 rings (SSSR count). The van der Waals surface area contributed by atoms with Gasteiger partial charge in [0.05, 0.1) is 0 Å². The van der Waals surface area contributed by atoms with E-state index in [4.69, 9.17) is 10.5 Å². The van der Waals surface area contributed by atoms with E-state index in [2.05, 4.69) is 10.6 Å². The van der Waals surface area contributed by atoms with Gasteiger partial charge in [0.1, 0.15) is 11.6 Å². The number of alkyl carbamates (subject to hydrolysis) is 1. The highest BCUT2D eigenvalue weighted by molar-refractivity contribution is 5.85. The van der Waals surface area contributed by atoms with Gasteiger partial charge >= 0.3 is 6.09 Å². The number of hydrogen-bond acceptors (Lipinski definition) is 4. The van der Waals surface area contributed by atoms with Gasteiger partial charge in [0.2, 0.25) is 5.91 Å². The predicted molar refractivity (Wildman–Crippen MR) is 65.5 cm³/mol. The zero-order valence-electron chi connectivity index (χ0n) is 11.0. The molecule has 17 heavy (non-hydrogen) atoms. The molecule has 0 fully saturated rings. The molecule has 0 aromatic rings. The average Bonchev–Trinajstić information content (AvgIpc) is 2.19. The summed E-state index contributed by atoms with van der Waals surface area (Å²) in [4.78, 5) is 23.1. The lowest BCUT2D eigenvalue weighted by molar-refractivity contribution is -0.123. The van der Waals surface area contributed by atoms with Crippen molar-refractivity contribution in [3.63, 3.8) is 0 Å². The van der Waals surface area contributed by atoms with Crippen LogP contribution in [0.25, 0.3) is 0 Å². The highest BCUT2D eigenvalue weighted by Gasteiger charge is 2.22. The third-order valence-corrected chi connectivity index (χ3v) is 1.86. The molecule has 6 heteroatoms. The number of nitrogens with two attached hydrogens (primary N) is 1. The van der Waals surface area contributed by atoms with Crippen LogP contribution in [-0.4, -0.2) is 36.7 Å². The number of nitrogens with one attached hydrogen (secondary N) is 2. The van der Waals surface area contributed by atoms with Crippen molar-refractivity contribution in [3.05, 3.63) is 0 Å². The largest absolute Gasteiger partial charge is 0.444 e. The van der Waals surface area contributed by atoms with Gasteiger partial charge in [-0.1, -0.05) is 6.92 Å². The zero-order valence-corrected chi connectivity index (χ0v) is 11.0. The molecule has 100 valence electrons. The minimum atomic E-state index is -0.591. The van der Waals surface area contributed by atoms with Gasteiger partial charge in [-0.2, -0.15) is 0 Å². The van der Waals surface area contributed by atoms with Gasteiger partial charge in [-0.25, -0.2) is 4.79 Å². The van der Waals surface area contributed by atoms with Crippen LogP contribution in [0.15, 0.2) is 0 Å². The van der Waals surface area contributed by atoms with Crippen LogP contribution in [0.3, 0.4) is 0 Å². The van der Waals surface area contributed by atoms with Crippen LogP contribution in [0.5, 0.6) is 0 Å². The summed E-state index contributed by atoms with van der Waals surface area (Å²) in [5.74, 6) is -0.246. The molecule has 0 aliphatic rings. The first-order valence-electron chi connectivity index (χ1n) is 5.77. The molecule has 0 saturated heterocycles. The SMILES string of the molecule is CC[C@H](NC(=O)OC(C)(C)C)C(=O)NCCN. The molecule has 0 unspecified atom stereocenters. The molecule has 0 aliphatic heterocycles. The first-order chi connectivity index (χ1) is 7.80. The molecule has 4 N–H and O–H groups in total. The number of hydrogen-bond donors (Lipinski definition) is 3. The van der Waals surface area contributed by atoms with E-state index in [1.54, 1.807) is 20.8 Å². The topological polar surface area (TPSA) is 93.4 Å². The molecule has 0 aromatic heterocycles. The fourth-order valence-electron chi connectivity index (χ4n) is 1.12. The minimum Gasteiger partial charge on any atom is -0.444 e. The number of carbonyl (C=O) groups is 2. The normalized spacial score (nSPS) is 12.8. The molecule has 0 aromatic carbocycles. The summed E-state index contributed by atoms with van der Waals surface area (Å²) in [7, 11) is 0. The van der Waals surface area contributed by atoms with Gasteiger partial charge in [-0.05, 0) is 27.2 Å². The first kappa shape index (κ1) is 15.7.